The summed E-state index contributed by atoms with van der Waals surface area (Å²) in [7, 11) is 1.81. The number of carbonyl (C=O) groups excluding carboxylic acids is 1. The minimum atomic E-state index is 0.145. The van der Waals surface area contributed by atoms with Crippen molar-refractivity contribution in [2.45, 2.75) is 57.1 Å². The van der Waals surface area contributed by atoms with E-state index in [1.807, 2.05) is 13.1 Å². The molecule has 3 unspecified atom stereocenters. The van der Waals surface area contributed by atoms with Crippen molar-refractivity contribution >= 4 is 11.9 Å². The first-order valence-corrected chi connectivity index (χ1v) is 11.7. The van der Waals surface area contributed by atoms with Crippen molar-refractivity contribution in [3.8, 4) is 0 Å². The molecule has 1 amide bonds. The van der Waals surface area contributed by atoms with E-state index in [2.05, 4.69) is 44.8 Å². The van der Waals surface area contributed by atoms with Crippen LogP contribution in [0.5, 0.6) is 0 Å². The Labute approximate surface area is 180 Å². The van der Waals surface area contributed by atoms with Crippen LogP contribution in [-0.4, -0.2) is 56.1 Å². The fourth-order valence-electron chi connectivity index (χ4n) is 5.16. The van der Waals surface area contributed by atoms with Gasteiger partial charge in [0.05, 0.1) is 6.10 Å². The van der Waals surface area contributed by atoms with E-state index in [-0.39, 0.29) is 18.1 Å². The van der Waals surface area contributed by atoms with E-state index in [1.165, 1.54) is 24.8 Å². The lowest BCUT2D eigenvalue weighted by Crippen LogP contribution is -2.46. The summed E-state index contributed by atoms with van der Waals surface area (Å²) in [5.41, 5.74) is 1.25. The highest BCUT2D eigenvalue weighted by Crippen LogP contribution is 2.34. The first-order chi connectivity index (χ1) is 14.7. The van der Waals surface area contributed by atoms with Crippen LogP contribution in [0.2, 0.25) is 0 Å². The monoisotopic (exact) mass is 412 g/mol. The molecule has 1 aliphatic carbocycles. The molecule has 2 saturated heterocycles. The van der Waals surface area contributed by atoms with Crippen LogP contribution >= 0.6 is 0 Å². The highest BCUT2D eigenvalue weighted by molar-refractivity contribution is 5.81. The summed E-state index contributed by atoms with van der Waals surface area (Å²) in [6.45, 7) is 3.28. The van der Waals surface area contributed by atoms with Crippen molar-refractivity contribution in [1.82, 2.24) is 15.5 Å². The number of aliphatic imine (C=N–C) groups is 1. The molecule has 164 valence electrons. The zero-order valence-electron chi connectivity index (χ0n) is 18.2. The Kier molecular flexibility index (Phi) is 7.26. The molecule has 2 heterocycles. The minimum Gasteiger partial charge on any atom is -0.373 e. The van der Waals surface area contributed by atoms with Gasteiger partial charge < -0.3 is 20.3 Å². The number of likely N-dealkylation sites (tertiary alicyclic amines) is 1. The number of rotatable bonds is 5. The number of carbonyl (C=O) groups is 1. The second-order valence-corrected chi connectivity index (χ2v) is 8.95. The molecule has 2 N–H and O–H groups in total. The Bertz CT molecular complexity index is 717. The molecular formula is C24H36N4O2. The Morgan fingerprint density at radius 3 is 2.70 bits per heavy atom. The van der Waals surface area contributed by atoms with Gasteiger partial charge in [0, 0.05) is 51.2 Å². The molecule has 3 fully saturated rings. The summed E-state index contributed by atoms with van der Waals surface area (Å²) in [5.74, 6) is 1.88. The fraction of sp³-hybridized carbons (Fsp3) is 0.667. The predicted octanol–water partition coefficient (Wildman–Crippen LogP) is 3.11. The second-order valence-electron chi connectivity index (χ2n) is 8.95. The van der Waals surface area contributed by atoms with Gasteiger partial charge in [0.15, 0.2) is 5.96 Å². The van der Waals surface area contributed by atoms with Crippen LogP contribution in [0, 0.1) is 11.8 Å². The first-order valence-electron chi connectivity index (χ1n) is 11.7. The normalized spacial score (nSPS) is 28.0. The quantitative estimate of drug-likeness (QED) is 0.576. The third kappa shape index (κ3) is 5.15. The lowest BCUT2D eigenvalue weighted by atomic mass is 9.88. The maximum atomic E-state index is 12.8. The van der Waals surface area contributed by atoms with E-state index < -0.39 is 0 Å². The van der Waals surface area contributed by atoms with Gasteiger partial charge in [-0.05, 0) is 31.2 Å². The Balaban J connectivity index is 1.25. The predicted molar refractivity (Wildman–Crippen MR) is 119 cm³/mol. The zero-order chi connectivity index (χ0) is 20.8. The van der Waals surface area contributed by atoms with Gasteiger partial charge in [-0.1, -0.05) is 49.6 Å². The molecule has 6 nitrogen and oxygen atoms in total. The summed E-state index contributed by atoms with van der Waals surface area (Å²) in [6, 6.07) is 10.7. The second kappa shape index (κ2) is 10.3. The molecule has 0 bridgehead atoms. The first kappa shape index (κ1) is 21.2. The number of nitrogens with one attached hydrogen (secondary N) is 2. The van der Waals surface area contributed by atoms with Crippen molar-refractivity contribution < 1.29 is 9.53 Å². The van der Waals surface area contributed by atoms with Crippen LogP contribution in [-0.2, 0) is 9.53 Å². The number of hydrogen-bond acceptors (Lipinski definition) is 3. The van der Waals surface area contributed by atoms with Gasteiger partial charge in [0.25, 0.3) is 0 Å². The molecule has 4 rings (SSSR count). The van der Waals surface area contributed by atoms with E-state index >= 15 is 0 Å². The van der Waals surface area contributed by atoms with Crippen molar-refractivity contribution in [2.24, 2.45) is 16.8 Å². The number of hydrogen-bond donors (Lipinski definition) is 2. The van der Waals surface area contributed by atoms with Crippen LogP contribution < -0.4 is 10.6 Å². The number of benzene rings is 1. The molecule has 1 aromatic rings. The molecule has 30 heavy (non-hydrogen) atoms. The van der Waals surface area contributed by atoms with Crippen LogP contribution in [0.25, 0.3) is 0 Å². The summed E-state index contributed by atoms with van der Waals surface area (Å²) in [6.07, 6.45) is 8.02. The average Bonchev–Trinajstić information content (AvgIpc) is 3.47. The lowest BCUT2D eigenvalue weighted by Gasteiger charge is -2.26. The van der Waals surface area contributed by atoms with E-state index in [4.69, 9.17) is 4.74 Å². The molecule has 0 aromatic heterocycles. The largest absolute Gasteiger partial charge is 0.373 e. The Morgan fingerprint density at radius 2 is 1.93 bits per heavy atom. The standard InChI is InChI=1S/C24H36N4O2/c1-25-24(26-16-20-13-15-30-22(20)18-8-4-2-5-9-18)27-21-12-14-28(17-21)23(29)19-10-6-3-7-11-19/h2,4-5,8-9,19-22H,3,6-7,10-17H2,1H3,(H2,25,26,27). The van der Waals surface area contributed by atoms with Crippen molar-refractivity contribution in [2.75, 3.05) is 33.3 Å². The topological polar surface area (TPSA) is 66.0 Å². The van der Waals surface area contributed by atoms with Gasteiger partial charge >= 0.3 is 0 Å². The Hall–Kier alpha value is -2.08. The van der Waals surface area contributed by atoms with Gasteiger partial charge in [0.2, 0.25) is 5.91 Å². The summed E-state index contributed by atoms with van der Waals surface area (Å²) >= 11 is 0. The minimum absolute atomic E-state index is 0.145. The smallest absolute Gasteiger partial charge is 0.225 e. The lowest BCUT2D eigenvalue weighted by molar-refractivity contribution is -0.135. The van der Waals surface area contributed by atoms with E-state index in [9.17, 15) is 4.79 Å². The molecule has 1 saturated carbocycles. The molecule has 0 spiro atoms. The fourth-order valence-corrected chi connectivity index (χ4v) is 5.16. The van der Waals surface area contributed by atoms with Crippen LogP contribution in [0.3, 0.4) is 0 Å². The molecule has 1 aromatic carbocycles. The number of amides is 1. The average molecular weight is 413 g/mol. The molecule has 3 aliphatic rings. The SMILES string of the molecule is CN=C(NCC1CCOC1c1ccccc1)NC1CCN(C(=O)C2CCCCC2)C1. The maximum absolute atomic E-state index is 12.8. The van der Waals surface area contributed by atoms with E-state index in [0.717, 1.165) is 57.9 Å². The third-order valence-corrected chi connectivity index (χ3v) is 6.89. The van der Waals surface area contributed by atoms with Gasteiger partial charge in [0.1, 0.15) is 0 Å². The summed E-state index contributed by atoms with van der Waals surface area (Å²) in [5, 5.41) is 7.04. The number of nitrogens with zero attached hydrogens (tertiary/aromatic N) is 2. The highest BCUT2D eigenvalue weighted by atomic mass is 16.5. The Morgan fingerprint density at radius 1 is 1.13 bits per heavy atom. The molecular weight excluding hydrogens is 376 g/mol. The van der Waals surface area contributed by atoms with Crippen molar-refractivity contribution in [3.05, 3.63) is 35.9 Å². The van der Waals surface area contributed by atoms with Gasteiger partial charge in [-0.3, -0.25) is 9.79 Å². The maximum Gasteiger partial charge on any atom is 0.225 e. The van der Waals surface area contributed by atoms with Gasteiger partial charge in [-0.15, -0.1) is 0 Å². The third-order valence-electron chi connectivity index (χ3n) is 6.89. The summed E-state index contributed by atoms with van der Waals surface area (Å²) < 4.78 is 6.00. The molecule has 0 radical (unpaired) electrons. The van der Waals surface area contributed by atoms with Crippen molar-refractivity contribution in [1.29, 1.82) is 0 Å². The van der Waals surface area contributed by atoms with Gasteiger partial charge in [-0.25, -0.2) is 0 Å². The van der Waals surface area contributed by atoms with Crippen LogP contribution in [0.15, 0.2) is 35.3 Å². The molecule has 3 atom stereocenters. The van der Waals surface area contributed by atoms with E-state index in [0.29, 0.717) is 11.8 Å². The number of guanidine groups is 1. The van der Waals surface area contributed by atoms with E-state index in [1.54, 1.807) is 0 Å². The highest BCUT2D eigenvalue weighted by Gasteiger charge is 2.32. The molecule has 2 aliphatic heterocycles. The summed E-state index contributed by atoms with van der Waals surface area (Å²) in [4.78, 5) is 19.3. The number of ether oxygens (including phenoxy) is 1. The van der Waals surface area contributed by atoms with Crippen molar-refractivity contribution in [3.63, 3.8) is 0 Å². The zero-order valence-corrected chi connectivity index (χ0v) is 18.2. The van der Waals surface area contributed by atoms with Gasteiger partial charge in [-0.2, -0.15) is 0 Å². The van der Waals surface area contributed by atoms with Crippen LogP contribution in [0.1, 0.15) is 56.6 Å². The van der Waals surface area contributed by atoms with Crippen LogP contribution in [0.4, 0.5) is 0 Å². The molecule has 6 heteroatoms.